The molecule has 17 heavy (non-hydrogen) atoms. The van der Waals surface area contributed by atoms with Crippen LogP contribution in [0.3, 0.4) is 0 Å². The standard InChI is InChI=1S/C8H13NO7S/c1-17(15,16)4-6(10)9-5(8(13)14)2-3-7(11)12/h5H,2-4H2,1H3,(H,9,10)(H,11,12)(H,13,14). The number of sulfone groups is 1. The van der Waals surface area contributed by atoms with Gasteiger partial charge >= 0.3 is 11.9 Å². The lowest BCUT2D eigenvalue weighted by atomic mass is 10.1. The van der Waals surface area contributed by atoms with Gasteiger partial charge in [-0.25, -0.2) is 13.2 Å². The van der Waals surface area contributed by atoms with Crippen LogP contribution in [0.1, 0.15) is 12.8 Å². The van der Waals surface area contributed by atoms with Crippen LogP contribution in [0, 0.1) is 0 Å². The van der Waals surface area contributed by atoms with Gasteiger partial charge in [-0.05, 0) is 6.42 Å². The summed E-state index contributed by atoms with van der Waals surface area (Å²) in [5.41, 5.74) is 0. The number of hydrogen-bond donors (Lipinski definition) is 3. The molecular formula is C8H13NO7S. The lowest BCUT2D eigenvalue weighted by Gasteiger charge is -2.12. The Balaban J connectivity index is 4.40. The van der Waals surface area contributed by atoms with E-state index in [0.717, 1.165) is 6.26 Å². The first-order valence-corrected chi connectivity index (χ1v) is 6.59. The second-order valence-electron chi connectivity index (χ2n) is 3.46. The highest BCUT2D eigenvalue weighted by Crippen LogP contribution is 1.98. The van der Waals surface area contributed by atoms with E-state index < -0.39 is 45.9 Å². The second kappa shape index (κ2) is 6.18. The maximum atomic E-state index is 11.1. The zero-order chi connectivity index (χ0) is 13.6. The van der Waals surface area contributed by atoms with E-state index in [1.54, 1.807) is 0 Å². The first-order valence-electron chi connectivity index (χ1n) is 4.53. The molecule has 0 aromatic heterocycles. The quantitative estimate of drug-likeness (QED) is 0.508. The molecule has 0 aliphatic carbocycles. The topological polar surface area (TPSA) is 138 Å². The Morgan fingerprint density at radius 2 is 1.76 bits per heavy atom. The molecule has 0 aromatic carbocycles. The van der Waals surface area contributed by atoms with E-state index >= 15 is 0 Å². The van der Waals surface area contributed by atoms with Crippen molar-refractivity contribution in [3.63, 3.8) is 0 Å². The van der Waals surface area contributed by atoms with Gasteiger partial charge in [0, 0.05) is 12.7 Å². The van der Waals surface area contributed by atoms with E-state index in [0.29, 0.717) is 0 Å². The molecule has 98 valence electrons. The Bertz CT molecular complexity index is 414. The molecule has 0 saturated heterocycles. The van der Waals surface area contributed by atoms with Crippen LogP contribution in [0.15, 0.2) is 0 Å². The molecule has 8 nitrogen and oxygen atoms in total. The minimum atomic E-state index is -3.55. The van der Waals surface area contributed by atoms with Gasteiger partial charge in [0.15, 0.2) is 9.84 Å². The highest BCUT2D eigenvalue weighted by atomic mass is 32.2. The van der Waals surface area contributed by atoms with E-state index in [1.165, 1.54) is 0 Å². The Morgan fingerprint density at radius 1 is 1.24 bits per heavy atom. The Labute approximate surface area is 97.5 Å². The van der Waals surface area contributed by atoms with Gasteiger partial charge in [-0.2, -0.15) is 0 Å². The lowest BCUT2D eigenvalue weighted by molar-refractivity contribution is -0.142. The van der Waals surface area contributed by atoms with E-state index in [-0.39, 0.29) is 6.42 Å². The minimum Gasteiger partial charge on any atom is -0.481 e. The molecule has 1 unspecified atom stereocenters. The molecular weight excluding hydrogens is 254 g/mol. The first kappa shape index (κ1) is 15.4. The fraction of sp³-hybridized carbons (Fsp3) is 0.625. The van der Waals surface area contributed by atoms with Crippen LogP contribution in [0.4, 0.5) is 0 Å². The number of aliphatic carboxylic acids is 2. The summed E-state index contributed by atoms with van der Waals surface area (Å²) in [7, 11) is -3.55. The third kappa shape index (κ3) is 8.20. The summed E-state index contributed by atoms with van der Waals surface area (Å²) in [5, 5.41) is 19.0. The summed E-state index contributed by atoms with van der Waals surface area (Å²) in [4.78, 5) is 32.0. The number of carbonyl (C=O) groups is 3. The van der Waals surface area contributed by atoms with Crippen LogP contribution in [0.2, 0.25) is 0 Å². The van der Waals surface area contributed by atoms with Gasteiger partial charge in [0.05, 0.1) is 0 Å². The summed E-state index contributed by atoms with van der Waals surface area (Å²) >= 11 is 0. The highest BCUT2D eigenvalue weighted by Gasteiger charge is 2.22. The van der Waals surface area contributed by atoms with E-state index in [9.17, 15) is 22.8 Å². The fourth-order valence-corrected chi connectivity index (χ4v) is 1.56. The summed E-state index contributed by atoms with van der Waals surface area (Å²) < 4.78 is 21.5. The Morgan fingerprint density at radius 3 is 2.12 bits per heavy atom. The average molecular weight is 267 g/mol. The monoisotopic (exact) mass is 267 g/mol. The molecule has 0 aliphatic heterocycles. The van der Waals surface area contributed by atoms with Gasteiger partial charge in [0.2, 0.25) is 5.91 Å². The SMILES string of the molecule is CS(=O)(=O)CC(=O)NC(CCC(=O)O)C(=O)O. The van der Waals surface area contributed by atoms with Crippen molar-refractivity contribution in [1.29, 1.82) is 0 Å². The maximum absolute atomic E-state index is 11.1. The van der Waals surface area contributed by atoms with Crippen molar-refractivity contribution in [2.45, 2.75) is 18.9 Å². The minimum absolute atomic E-state index is 0.305. The van der Waals surface area contributed by atoms with Crippen LogP contribution in [-0.4, -0.2) is 54.5 Å². The molecule has 0 heterocycles. The van der Waals surface area contributed by atoms with Crippen molar-refractivity contribution in [2.24, 2.45) is 0 Å². The zero-order valence-electron chi connectivity index (χ0n) is 9.04. The number of amides is 1. The maximum Gasteiger partial charge on any atom is 0.326 e. The average Bonchev–Trinajstić information content (AvgIpc) is 2.08. The van der Waals surface area contributed by atoms with Crippen LogP contribution in [0.5, 0.6) is 0 Å². The van der Waals surface area contributed by atoms with Crippen molar-refractivity contribution in [1.82, 2.24) is 5.32 Å². The second-order valence-corrected chi connectivity index (χ2v) is 5.60. The lowest BCUT2D eigenvalue weighted by Crippen LogP contribution is -2.43. The first-order chi connectivity index (χ1) is 7.61. The fourth-order valence-electron chi connectivity index (χ4n) is 0.999. The molecule has 0 aliphatic rings. The van der Waals surface area contributed by atoms with Gasteiger partial charge < -0.3 is 15.5 Å². The van der Waals surface area contributed by atoms with Crippen molar-refractivity contribution in [2.75, 3.05) is 12.0 Å². The number of hydrogen-bond acceptors (Lipinski definition) is 5. The third-order valence-corrected chi connectivity index (χ3v) is 2.46. The smallest absolute Gasteiger partial charge is 0.326 e. The van der Waals surface area contributed by atoms with Crippen LogP contribution >= 0.6 is 0 Å². The molecule has 3 N–H and O–H groups in total. The molecule has 0 rings (SSSR count). The number of carboxylic acid groups (broad SMARTS) is 2. The van der Waals surface area contributed by atoms with Crippen molar-refractivity contribution >= 4 is 27.7 Å². The summed E-state index contributed by atoms with van der Waals surface area (Å²) in [6.07, 6.45) is 0.0931. The molecule has 1 amide bonds. The number of nitrogens with one attached hydrogen (secondary N) is 1. The summed E-state index contributed by atoms with van der Waals surface area (Å²) in [6.45, 7) is 0. The molecule has 0 radical (unpaired) electrons. The molecule has 0 saturated carbocycles. The zero-order valence-corrected chi connectivity index (χ0v) is 9.86. The van der Waals surface area contributed by atoms with Crippen molar-refractivity contribution < 1.29 is 33.0 Å². The highest BCUT2D eigenvalue weighted by molar-refractivity contribution is 7.91. The van der Waals surface area contributed by atoms with Crippen molar-refractivity contribution in [3.8, 4) is 0 Å². The van der Waals surface area contributed by atoms with Gasteiger partial charge in [0.25, 0.3) is 0 Å². The molecule has 1 atom stereocenters. The number of carboxylic acids is 2. The van der Waals surface area contributed by atoms with Crippen LogP contribution in [0.25, 0.3) is 0 Å². The van der Waals surface area contributed by atoms with Crippen LogP contribution < -0.4 is 5.32 Å². The van der Waals surface area contributed by atoms with Gasteiger partial charge in [-0.3, -0.25) is 9.59 Å². The van der Waals surface area contributed by atoms with Crippen LogP contribution in [-0.2, 0) is 24.2 Å². The van der Waals surface area contributed by atoms with E-state index in [1.807, 2.05) is 5.32 Å². The molecule has 0 spiro atoms. The molecule has 0 fully saturated rings. The predicted molar refractivity (Wildman–Crippen MR) is 56.1 cm³/mol. The third-order valence-electron chi connectivity index (χ3n) is 1.67. The largest absolute Gasteiger partial charge is 0.481 e. The van der Waals surface area contributed by atoms with E-state index in [4.69, 9.17) is 10.2 Å². The molecule has 0 aromatic rings. The summed E-state index contributed by atoms with van der Waals surface area (Å²) in [6, 6.07) is -1.40. The van der Waals surface area contributed by atoms with Crippen molar-refractivity contribution in [3.05, 3.63) is 0 Å². The normalized spacial score (nSPS) is 12.8. The van der Waals surface area contributed by atoms with Gasteiger partial charge in [0.1, 0.15) is 11.8 Å². The van der Waals surface area contributed by atoms with E-state index in [2.05, 4.69) is 0 Å². The van der Waals surface area contributed by atoms with Gasteiger partial charge in [-0.1, -0.05) is 0 Å². The van der Waals surface area contributed by atoms with Gasteiger partial charge in [-0.15, -0.1) is 0 Å². The number of carbonyl (C=O) groups excluding carboxylic acids is 1. The summed E-state index contributed by atoms with van der Waals surface area (Å²) in [5.74, 6) is -4.41. The Kier molecular flexibility index (Phi) is 5.59. The molecule has 0 bridgehead atoms. The molecule has 9 heteroatoms. The number of rotatable bonds is 7. The predicted octanol–water partition coefficient (Wildman–Crippen LogP) is -1.53. The Hall–Kier alpha value is -1.64.